The number of carbonyl (C=O) groups excluding carboxylic acids is 1. The van der Waals surface area contributed by atoms with Crippen molar-refractivity contribution in [3.8, 4) is 0 Å². The lowest BCUT2D eigenvalue weighted by molar-refractivity contribution is -0.121. The number of carbonyl (C=O) groups is 1. The summed E-state index contributed by atoms with van der Waals surface area (Å²) in [5.74, 6) is 1.99. The Morgan fingerprint density at radius 2 is 2.04 bits per heavy atom. The third-order valence-electron chi connectivity index (χ3n) is 4.33. The van der Waals surface area contributed by atoms with Crippen LogP contribution in [0.15, 0.2) is 42.7 Å². The summed E-state index contributed by atoms with van der Waals surface area (Å²) >= 11 is 0. The highest BCUT2D eigenvalue weighted by molar-refractivity contribution is 5.75. The Hall–Kier alpha value is -2.10. The van der Waals surface area contributed by atoms with E-state index in [1.807, 2.05) is 18.5 Å². The van der Waals surface area contributed by atoms with Crippen LogP contribution in [-0.2, 0) is 17.8 Å². The number of rotatable bonds is 9. The highest BCUT2D eigenvalue weighted by Gasteiger charge is 2.27. The van der Waals surface area contributed by atoms with Gasteiger partial charge in [-0.2, -0.15) is 0 Å². The molecule has 0 spiro atoms. The molecule has 1 N–H and O–H groups in total. The fourth-order valence-corrected chi connectivity index (χ4v) is 2.87. The zero-order valence-electron chi connectivity index (χ0n) is 13.6. The van der Waals surface area contributed by atoms with E-state index < -0.39 is 0 Å². The van der Waals surface area contributed by atoms with Gasteiger partial charge in [0.25, 0.3) is 0 Å². The van der Waals surface area contributed by atoms with Crippen molar-refractivity contribution in [2.75, 3.05) is 6.54 Å². The van der Waals surface area contributed by atoms with Gasteiger partial charge in [-0.1, -0.05) is 30.3 Å². The Bertz CT molecular complexity index is 617. The second kappa shape index (κ2) is 7.95. The average molecular weight is 311 g/mol. The Morgan fingerprint density at radius 1 is 1.22 bits per heavy atom. The van der Waals surface area contributed by atoms with Crippen molar-refractivity contribution in [3.63, 3.8) is 0 Å². The molecule has 3 rings (SSSR count). The third kappa shape index (κ3) is 4.95. The summed E-state index contributed by atoms with van der Waals surface area (Å²) in [6.45, 7) is 1.51. The molecule has 1 amide bonds. The molecule has 2 aromatic rings. The van der Waals surface area contributed by atoms with E-state index in [4.69, 9.17) is 0 Å². The molecule has 1 aromatic carbocycles. The quantitative estimate of drug-likeness (QED) is 0.722. The molecule has 4 nitrogen and oxygen atoms in total. The zero-order chi connectivity index (χ0) is 15.9. The molecule has 4 heteroatoms. The van der Waals surface area contributed by atoms with Crippen molar-refractivity contribution in [2.24, 2.45) is 0 Å². The molecule has 0 atom stereocenters. The molecule has 0 radical (unpaired) electrons. The Morgan fingerprint density at radius 3 is 2.83 bits per heavy atom. The van der Waals surface area contributed by atoms with Crippen LogP contribution in [0.2, 0.25) is 0 Å². The number of unbranched alkanes of at least 4 members (excludes halogenated alkanes) is 1. The number of hydrogen-bond acceptors (Lipinski definition) is 2. The van der Waals surface area contributed by atoms with E-state index in [2.05, 4.69) is 39.1 Å². The highest BCUT2D eigenvalue weighted by Crippen LogP contribution is 2.38. The van der Waals surface area contributed by atoms with Gasteiger partial charge in [0.2, 0.25) is 5.91 Å². The molecule has 23 heavy (non-hydrogen) atoms. The molecule has 1 saturated carbocycles. The highest BCUT2D eigenvalue weighted by atomic mass is 16.1. The van der Waals surface area contributed by atoms with E-state index in [9.17, 15) is 4.79 Å². The van der Waals surface area contributed by atoms with Crippen LogP contribution in [0.4, 0.5) is 0 Å². The summed E-state index contributed by atoms with van der Waals surface area (Å²) in [5, 5.41) is 3.02. The fraction of sp³-hybridized carbons (Fsp3) is 0.474. The van der Waals surface area contributed by atoms with Gasteiger partial charge in [-0.15, -0.1) is 0 Å². The van der Waals surface area contributed by atoms with E-state index in [0.717, 1.165) is 25.8 Å². The van der Waals surface area contributed by atoms with E-state index in [1.165, 1.54) is 24.2 Å². The number of imidazole rings is 1. The summed E-state index contributed by atoms with van der Waals surface area (Å²) < 4.78 is 2.17. The van der Waals surface area contributed by atoms with Gasteiger partial charge < -0.3 is 9.88 Å². The van der Waals surface area contributed by atoms with Crippen LogP contribution in [0.25, 0.3) is 0 Å². The summed E-state index contributed by atoms with van der Waals surface area (Å²) in [6.07, 6.45) is 10.1. The maximum absolute atomic E-state index is 11.9. The minimum absolute atomic E-state index is 0.158. The molecule has 1 aliphatic rings. The van der Waals surface area contributed by atoms with Crippen molar-refractivity contribution in [1.82, 2.24) is 14.9 Å². The normalized spacial score (nSPS) is 13.9. The predicted molar refractivity (Wildman–Crippen MR) is 91.2 cm³/mol. The number of nitrogens with zero attached hydrogens (tertiary/aromatic N) is 2. The van der Waals surface area contributed by atoms with Gasteiger partial charge in [-0.3, -0.25) is 4.79 Å². The second-order valence-electron chi connectivity index (χ2n) is 6.30. The first-order valence-electron chi connectivity index (χ1n) is 8.64. The summed E-state index contributed by atoms with van der Waals surface area (Å²) in [6, 6.07) is 10.4. The Labute approximate surface area is 137 Å². The molecule has 1 aromatic heterocycles. The topological polar surface area (TPSA) is 46.9 Å². The van der Waals surface area contributed by atoms with Crippen LogP contribution in [0.5, 0.6) is 0 Å². The molecular formula is C19H25N3O. The lowest BCUT2D eigenvalue weighted by Gasteiger charge is -2.08. The van der Waals surface area contributed by atoms with Crippen LogP contribution in [-0.4, -0.2) is 22.0 Å². The summed E-state index contributed by atoms with van der Waals surface area (Å²) in [4.78, 5) is 16.3. The van der Waals surface area contributed by atoms with Gasteiger partial charge in [0.1, 0.15) is 5.82 Å². The molecule has 1 aliphatic carbocycles. The van der Waals surface area contributed by atoms with Crippen molar-refractivity contribution >= 4 is 5.91 Å². The van der Waals surface area contributed by atoms with Gasteiger partial charge in [0, 0.05) is 37.8 Å². The molecule has 1 heterocycles. The molecule has 0 saturated heterocycles. The van der Waals surface area contributed by atoms with Crippen LogP contribution in [0.1, 0.15) is 49.4 Å². The van der Waals surface area contributed by atoms with Crippen molar-refractivity contribution in [3.05, 3.63) is 54.1 Å². The maximum atomic E-state index is 11.9. The van der Waals surface area contributed by atoms with Crippen molar-refractivity contribution < 1.29 is 4.79 Å². The third-order valence-corrected chi connectivity index (χ3v) is 4.33. The van der Waals surface area contributed by atoms with Crippen LogP contribution in [0.3, 0.4) is 0 Å². The first-order chi connectivity index (χ1) is 11.3. The van der Waals surface area contributed by atoms with Crippen molar-refractivity contribution in [2.45, 2.75) is 51.0 Å². The number of aromatic nitrogens is 2. The van der Waals surface area contributed by atoms with E-state index in [0.29, 0.717) is 18.9 Å². The number of nitrogens with one attached hydrogen (secondary N) is 1. The van der Waals surface area contributed by atoms with Crippen molar-refractivity contribution in [1.29, 1.82) is 0 Å². The summed E-state index contributed by atoms with van der Waals surface area (Å²) in [7, 11) is 0. The largest absolute Gasteiger partial charge is 0.354 e. The number of hydrogen-bond donors (Lipinski definition) is 1. The second-order valence-corrected chi connectivity index (χ2v) is 6.30. The van der Waals surface area contributed by atoms with E-state index in [1.54, 1.807) is 0 Å². The maximum Gasteiger partial charge on any atom is 0.220 e. The summed E-state index contributed by atoms with van der Waals surface area (Å²) in [5.41, 5.74) is 1.35. The lowest BCUT2D eigenvalue weighted by atomic mass is 10.1. The molecule has 1 fully saturated rings. The van der Waals surface area contributed by atoms with Gasteiger partial charge in [0.15, 0.2) is 0 Å². The monoisotopic (exact) mass is 311 g/mol. The predicted octanol–water partition coefficient (Wildman–Crippen LogP) is 3.29. The van der Waals surface area contributed by atoms with Crippen LogP contribution < -0.4 is 5.32 Å². The van der Waals surface area contributed by atoms with E-state index >= 15 is 0 Å². The molecule has 0 bridgehead atoms. The zero-order valence-corrected chi connectivity index (χ0v) is 13.6. The SMILES string of the molecule is O=C(CCCCc1ccccc1)NCCn1ccnc1C1CC1. The molecule has 0 unspecified atom stereocenters. The standard InChI is InChI=1S/C19H25N3O/c23-18(9-5-4-8-16-6-2-1-3-7-16)20-12-14-22-15-13-21-19(22)17-10-11-17/h1-3,6-7,13,15,17H,4-5,8-12,14H2,(H,20,23). The number of amides is 1. The van der Waals surface area contributed by atoms with Gasteiger partial charge in [0.05, 0.1) is 0 Å². The van der Waals surface area contributed by atoms with Gasteiger partial charge in [-0.25, -0.2) is 4.98 Å². The minimum atomic E-state index is 0.158. The fourth-order valence-electron chi connectivity index (χ4n) is 2.87. The van der Waals surface area contributed by atoms with Crippen LogP contribution >= 0.6 is 0 Å². The Balaban J connectivity index is 1.28. The van der Waals surface area contributed by atoms with E-state index in [-0.39, 0.29) is 5.91 Å². The Kier molecular flexibility index (Phi) is 5.46. The first kappa shape index (κ1) is 15.8. The van der Waals surface area contributed by atoms with Crippen LogP contribution in [0, 0.1) is 0 Å². The van der Waals surface area contributed by atoms with Gasteiger partial charge in [-0.05, 0) is 37.7 Å². The minimum Gasteiger partial charge on any atom is -0.354 e. The number of aryl methyl sites for hydroxylation is 1. The molecular weight excluding hydrogens is 286 g/mol. The molecule has 0 aliphatic heterocycles. The molecule has 122 valence electrons. The average Bonchev–Trinajstić information content (AvgIpc) is 3.32. The number of benzene rings is 1. The smallest absolute Gasteiger partial charge is 0.220 e. The lowest BCUT2D eigenvalue weighted by Crippen LogP contribution is -2.27. The first-order valence-corrected chi connectivity index (χ1v) is 8.64. The van der Waals surface area contributed by atoms with Gasteiger partial charge >= 0.3 is 0 Å².